The van der Waals surface area contributed by atoms with Gasteiger partial charge in [-0.2, -0.15) is 0 Å². The average molecular weight is 521 g/mol. The molecule has 33 heavy (non-hydrogen) atoms. The maximum Gasteiger partial charge on any atom is 0.283 e. The van der Waals surface area contributed by atoms with E-state index in [0.717, 1.165) is 4.90 Å². The lowest BCUT2D eigenvalue weighted by atomic mass is 10.1. The minimum absolute atomic E-state index is 0.0475. The second-order valence-corrected chi connectivity index (χ2v) is 8.48. The van der Waals surface area contributed by atoms with Gasteiger partial charge in [0.1, 0.15) is 10.7 Å². The monoisotopic (exact) mass is 519 g/mol. The van der Waals surface area contributed by atoms with Gasteiger partial charge in [0, 0.05) is 22.0 Å². The van der Waals surface area contributed by atoms with Gasteiger partial charge in [-0.15, -0.1) is 0 Å². The molecule has 6 nitrogen and oxygen atoms in total. The van der Waals surface area contributed by atoms with Crippen molar-refractivity contribution >= 4 is 81.2 Å². The number of carbonyl (C=O) groups excluding carboxylic acids is 3. The van der Waals surface area contributed by atoms with Crippen LogP contribution in [0.15, 0.2) is 77.5 Å². The molecular weight excluding hydrogens is 508 g/mol. The van der Waals surface area contributed by atoms with Gasteiger partial charge in [-0.3, -0.25) is 14.4 Å². The Morgan fingerprint density at radius 1 is 0.788 bits per heavy atom. The third kappa shape index (κ3) is 4.70. The fourth-order valence-corrected chi connectivity index (χ4v) is 3.93. The number of halogens is 4. The summed E-state index contributed by atoms with van der Waals surface area (Å²) in [6.07, 6.45) is 0. The minimum atomic E-state index is -0.747. The van der Waals surface area contributed by atoms with Crippen LogP contribution in [0.2, 0.25) is 15.1 Å². The number of anilines is 3. The van der Waals surface area contributed by atoms with Crippen LogP contribution < -0.4 is 15.5 Å². The quantitative estimate of drug-likeness (QED) is 0.385. The van der Waals surface area contributed by atoms with Gasteiger partial charge < -0.3 is 10.6 Å². The zero-order valence-electron chi connectivity index (χ0n) is 16.5. The molecule has 0 saturated heterocycles. The third-order valence-electron chi connectivity index (χ3n) is 4.68. The molecule has 0 bridgehead atoms. The highest BCUT2D eigenvalue weighted by Crippen LogP contribution is 2.37. The molecule has 166 valence electrons. The number of amides is 3. The Morgan fingerprint density at radius 2 is 1.48 bits per heavy atom. The smallest absolute Gasteiger partial charge is 0.283 e. The molecule has 0 fully saturated rings. The lowest BCUT2D eigenvalue weighted by Crippen LogP contribution is -2.32. The summed E-state index contributed by atoms with van der Waals surface area (Å²) in [4.78, 5) is 39.1. The molecule has 0 atom stereocenters. The highest BCUT2D eigenvalue weighted by atomic mass is 35.5. The van der Waals surface area contributed by atoms with Crippen molar-refractivity contribution in [2.45, 2.75) is 0 Å². The van der Waals surface area contributed by atoms with Crippen LogP contribution >= 0.6 is 46.4 Å². The molecule has 4 rings (SSSR count). The van der Waals surface area contributed by atoms with Gasteiger partial charge in [0.05, 0.1) is 15.7 Å². The van der Waals surface area contributed by atoms with Crippen molar-refractivity contribution in [2.24, 2.45) is 0 Å². The first-order chi connectivity index (χ1) is 15.8. The zero-order valence-corrected chi connectivity index (χ0v) is 19.6. The number of hydrogen-bond donors (Lipinski definition) is 2. The van der Waals surface area contributed by atoms with Crippen LogP contribution in [0.1, 0.15) is 10.4 Å². The Hall–Kier alpha value is -3.03. The summed E-state index contributed by atoms with van der Waals surface area (Å²) in [6, 6.07) is 17.7. The van der Waals surface area contributed by atoms with Crippen LogP contribution in [0.25, 0.3) is 0 Å². The first kappa shape index (κ1) is 23.1. The molecule has 1 aliphatic rings. The van der Waals surface area contributed by atoms with E-state index < -0.39 is 11.8 Å². The van der Waals surface area contributed by atoms with Gasteiger partial charge >= 0.3 is 0 Å². The second kappa shape index (κ2) is 9.45. The minimum Gasteiger partial charge on any atom is -0.350 e. The maximum atomic E-state index is 13.0. The number of nitrogens with zero attached hydrogens (tertiary/aromatic N) is 1. The summed E-state index contributed by atoms with van der Waals surface area (Å²) in [7, 11) is 0. The van der Waals surface area contributed by atoms with E-state index in [1.165, 1.54) is 18.2 Å². The number of rotatable bonds is 5. The topological polar surface area (TPSA) is 78.5 Å². The summed E-state index contributed by atoms with van der Waals surface area (Å²) in [6.45, 7) is 0. The van der Waals surface area contributed by atoms with Gasteiger partial charge in [0.15, 0.2) is 0 Å². The molecule has 10 heteroatoms. The van der Waals surface area contributed by atoms with Gasteiger partial charge in [0.2, 0.25) is 0 Å². The van der Waals surface area contributed by atoms with Crippen molar-refractivity contribution in [3.63, 3.8) is 0 Å². The van der Waals surface area contributed by atoms with Crippen LogP contribution in [0.5, 0.6) is 0 Å². The number of nitrogens with one attached hydrogen (secondary N) is 2. The van der Waals surface area contributed by atoms with E-state index >= 15 is 0 Å². The van der Waals surface area contributed by atoms with Crippen molar-refractivity contribution in [3.8, 4) is 0 Å². The average Bonchev–Trinajstić information content (AvgIpc) is 2.99. The van der Waals surface area contributed by atoms with E-state index in [0.29, 0.717) is 22.0 Å². The van der Waals surface area contributed by atoms with Crippen molar-refractivity contribution in [2.75, 3.05) is 15.5 Å². The van der Waals surface area contributed by atoms with Crippen molar-refractivity contribution in [3.05, 3.63) is 98.1 Å². The van der Waals surface area contributed by atoms with Gasteiger partial charge in [-0.1, -0.05) is 64.6 Å². The molecule has 0 saturated carbocycles. The standard InChI is InChI=1S/C23H13Cl4N3O3/c24-13-5-2-7-15(11-13)29-21(31)12-4-1-6-14(10-12)28-20-19(27)22(32)30(23(20)33)17-9-3-8-16(25)18(17)26/h1-11,28H,(H,29,31). The molecule has 1 heterocycles. The number of hydrogen-bond acceptors (Lipinski definition) is 4. The maximum absolute atomic E-state index is 13.0. The Kier molecular flexibility index (Phi) is 6.63. The molecule has 0 unspecified atom stereocenters. The SMILES string of the molecule is O=C(Nc1cccc(Cl)c1)c1cccc(NC2=C(Cl)C(=O)N(c3cccc(Cl)c3Cl)C2=O)c1. The van der Waals surface area contributed by atoms with Crippen molar-refractivity contribution < 1.29 is 14.4 Å². The molecule has 1 aliphatic heterocycles. The normalized spacial score (nSPS) is 13.5. The van der Waals surface area contributed by atoms with E-state index in [1.807, 2.05) is 0 Å². The van der Waals surface area contributed by atoms with E-state index in [4.69, 9.17) is 46.4 Å². The van der Waals surface area contributed by atoms with Crippen molar-refractivity contribution in [1.29, 1.82) is 0 Å². The molecule has 3 aromatic rings. The van der Waals surface area contributed by atoms with E-state index in [-0.39, 0.29) is 32.4 Å². The second-order valence-electron chi connectivity index (χ2n) is 6.88. The molecule has 0 aliphatic carbocycles. The van der Waals surface area contributed by atoms with Crippen LogP contribution in [0.3, 0.4) is 0 Å². The molecule has 2 N–H and O–H groups in total. The lowest BCUT2D eigenvalue weighted by molar-refractivity contribution is -0.120. The predicted molar refractivity (Wildman–Crippen MR) is 131 cm³/mol. The fraction of sp³-hybridized carbons (Fsp3) is 0. The molecule has 0 radical (unpaired) electrons. The van der Waals surface area contributed by atoms with Crippen LogP contribution in [0.4, 0.5) is 17.1 Å². The molecular formula is C23H13Cl4N3O3. The largest absolute Gasteiger partial charge is 0.350 e. The highest BCUT2D eigenvalue weighted by molar-refractivity contribution is 6.54. The molecule has 0 aromatic heterocycles. The summed E-state index contributed by atoms with van der Waals surface area (Å²) in [5.74, 6) is -1.84. The first-order valence-electron chi connectivity index (χ1n) is 9.43. The Labute approximate surface area is 208 Å². The molecule has 3 aromatic carbocycles. The Bertz CT molecular complexity index is 1340. The Balaban J connectivity index is 1.56. The van der Waals surface area contributed by atoms with Gasteiger partial charge in [-0.05, 0) is 48.5 Å². The fourth-order valence-electron chi connectivity index (χ4n) is 3.15. The molecule has 3 amide bonds. The lowest BCUT2D eigenvalue weighted by Gasteiger charge is -2.17. The van der Waals surface area contributed by atoms with Crippen LogP contribution in [-0.4, -0.2) is 17.7 Å². The van der Waals surface area contributed by atoms with Gasteiger partial charge in [0.25, 0.3) is 17.7 Å². The van der Waals surface area contributed by atoms with Crippen molar-refractivity contribution in [1.82, 2.24) is 0 Å². The number of imide groups is 1. The summed E-state index contributed by atoms with van der Waals surface area (Å²) < 4.78 is 0. The summed E-state index contributed by atoms with van der Waals surface area (Å²) in [5, 5.41) is 5.97. The highest BCUT2D eigenvalue weighted by Gasteiger charge is 2.40. The van der Waals surface area contributed by atoms with E-state index in [9.17, 15) is 14.4 Å². The number of carbonyl (C=O) groups is 3. The van der Waals surface area contributed by atoms with Crippen LogP contribution in [-0.2, 0) is 9.59 Å². The van der Waals surface area contributed by atoms with E-state index in [2.05, 4.69) is 10.6 Å². The van der Waals surface area contributed by atoms with Crippen LogP contribution in [0, 0.1) is 0 Å². The first-order valence-corrected chi connectivity index (χ1v) is 10.9. The Morgan fingerprint density at radius 3 is 2.24 bits per heavy atom. The predicted octanol–water partition coefficient (Wildman–Crippen LogP) is 6.33. The summed E-state index contributed by atoms with van der Waals surface area (Å²) >= 11 is 24.3. The summed E-state index contributed by atoms with van der Waals surface area (Å²) in [5.41, 5.74) is 1.18. The zero-order chi connectivity index (χ0) is 23.7. The van der Waals surface area contributed by atoms with Gasteiger partial charge in [-0.25, -0.2) is 4.90 Å². The number of benzene rings is 3. The molecule has 0 spiro atoms. The third-order valence-corrected chi connectivity index (χ3v) is 6.07. The van der Waals surface area contributed by atoms with E-state index in [1.54, 1.807) is 48.5 Å².